The zero-order chi connectivity index (χ0) is 15.5. The Morgan fingerprint density at radius 2 is 1.62 bits per heavy atom. The van der Waals surface area contributed by atoms with Crippen molar-refractivity contribution in [3.05, 3.63) is 59.7 Å². The van der Waals surface area contributed by atoms with E-state index in [9.17, 15) is 4.79 Å². The second-order valence-corrected chi connectivity index (χ2v) is 5.95. The monoisotopic (exact) mass is 283 g/mol. The minimum absolute atomic E-state index is 0.0371. The molecule has 0 aromatic heterocycles. The Hall–Kier alpha value is -2.29. The summed E-state index contributed by atoms with van der Waals surface area (Å²) in [6.45, 7) is 6.38. The van der Waals surface area contributed by atoms with E-state index >= 15 is 0 Å². The molecule has 0 heterocycles. The van der Waals surface area contributed by atoms with E-state index in [2.05, 4.69) is 26.1 Å². The van der Waals surface area contributed by atoms with E-state index in [1.54, 1.807) is 19.2 Å². The van der Waals surface area contributed by atoms with Crippen LogP contribution < -0.4 is 10.1 Å². The van der Waals surface area contributed by atoms with Gasteiger partial charge in [-0.3, -0.25) is 4.79 Å². The number of ether oxygens (including phenoxy) is 1. The number of hydrogen-bond donors (Lipinski definition) is 1. The topological polar surface area (TPSA) is 38.3 Å². The molecule has 3 nitrogen and oxygen atoms in total. The first kappa shape index (κ1) is 15.1. The molecule has 2 aromatic rings. The van der Waals surface area contributed by atoms with Crippen LogP contribution in [-0.2, 0) is 5.41 Å². The summed E-state index contributed by atoms with van der Waals surface area (Å²) in [5.41, 5.74) is 2.43. The molecule has 1 amide bonds. The lowest BCUT2D eigenvalue weighted by molar-refractivity contribution is 0.102. The molecule has 0 aliphatic heterocycles. The molecule has 0 radical (unpaired) electrons. The average Bonchev–Trinajstić information content (AvgIpc) is 2.46. The molecular formula is C18H21NO2. The highest BCUT2D eigenvalue weighted by Crippen LogP contribution is 2.30. The fraction of sp³-hybridized carbons (Fsp3) is 0.278. The Bertz CT molecular complexity index is 642. The van der Waals surface area contributed by atoms with Gasteiger partial charge in [-0.2, -0.15) is 0 Å². The summed E-state index contributed by atoms with van der Waals surface area (Å²) in [4.78, 5) is 12.5. The zero-order valence-electron chi connectivity index (χ0n) is 12.9. The molecule has 0 bridgehead atoms. The highest BCUT2D eigenvalue weighted by Gasteiger charge is 2.19. The second kappa shape index (κ2) is 6.00. The fourth-order valence-corrected chi connectivity index (χ4v) is 2.27. The van der Waals surface area contributed by atoms with Crippen molar-refractivity contribution < 1.29 is 9.53 Å². The Balaban J connectivity index is 2.33. The van der Waals surface area contributed by atoms with Crippen LogP contribution >= 0.6 is 0 Å². The van der Waals surface area contributed by atoms with Gasteiger partial charge in [-0.25, -0.2) is 0 Å². The van der Waals surface area contributed by atoms with E-state index in [1.165, 1.54) is 0 Å². The predicted molar refractivity (Wildman–Crippen MR) is 86.1 cm³/mol. The summed E-state index contributed by atoms with van der Waals surface area (Å²) in [5.74, 6) is 0.410. The Kier molecular flexibility index (Phi) is 4.32. The third-order valence-corrected chi connectivity index (χ3v) is 3.33. The molecule has 0 unspecified atom stereocenters. The smallest absolute Gasteiger partial charge is 0.259 e. The summed E-state index contributed by atoms with van der Waals surface area (Å²) in [5, 5.41) is 2.99. The molecule has 2 rings (SSSR count). The lowest BCUT2D eigenvalue weighted by Crippen LogP contribution is -2.19. The van der Waals surface area contributed by atoms with Crippen LogP contribution in [0.4, 0.5) is 5.69 Å². The summed E-state index contributed by atoms with van der Waals surface area (Å²) < 4.78 is 5.24. The van der Waals surface area contributed by atoms with Crippen molar-refractivity contribution in [2.45, 2.75) is 26.2 Å². The average molecular weight is 283 g/mol. The third kappa shape index (κ3) is 3.43. The number of methoxy groups -OCH3 is 1. The molecule has 0 aliphatic carbocycles. The highest BCUT2D eigenvalue weighted by atomic mass is 16.5. The molecule has 0 fully saturated rings. The van der Waals surface area contributed by atoms with Crippen molar-refractivity contribution in [1.29, 1.82) is 0 Å². The normalized spacial score (nSPS) is 11.0. The van der Waals surface area contributed by atoms with Crippen LogP contribution in [0.15, 0.2) is 48.5 Å². The first-order chi connectivity index (χ1) is 9.93. The SMILES string of the molecule is COc1ccccc1C(=O)Nc1ccccc1C(C)(C)C. The number of carbonyl (C=O) groups is 1. The van der Waals surface area contributed by atoms with Gasteiger partial charge in [0.15, 0.2) is 0 Å². The number of hydrogen-bond acceptors (Lipinski definition) is 2. The van der Waals surface area contributed by atoms with Crippen molar-refractivity contribution in [3.63, 3.8) is 0 Å². The minimum Gasteiger partial charge on any atom is -0.496 e. The molecular weight excluding hydrogens is 262 g/mol. The van der Waals surface area contributed by atoms with Gasteiger partial charge in [0.1, 0.15) is 5.75 Å². The Labute approximate surface area is 126 Å². The second-order valence-electron chi connectivity index (χ2n) is 5.95. The molecule has 21 heavy (non-hydrogen) atoms. The summed E-state index contributed by atoms with van der Waals surface area (Å²) in [6.07, 6.45) is 0. The quantitative estimate of drug-likeness (QED) is 0.914. The van der Waals surface area contributed by atoms with Gasteiger partial charge in [0.2, 0.25) is 0 Å². The first-order valence-corrected chi connectivity index (χ1v) is 6.97. The molecule has 0 aliphatic rings. The van der Waals surface area contributed by atoms with Gasteiger partial charge < -0.3 is 10.1 Å². The molecule has 1 N–H and O–H groups in total. The van der Waals surface area contributed by atoms with Crippen LogP contribution in [0, 0.1) is 0 Å². The maximum Gasteiger partial charge on any atom is 0.259 e. The predicted octanol–water partition coefficient (Wildman–Crippen LogP) is 4.25. The lowest BCUT2D eigenvalue weighted by atomic mass is 9.86. The summed E-state index contributed by atoms with van der Waals surface area (Å²) in [7, 11) is 1.56. The van der Waals surface area contributed by atoms with E-state index in [-0.39, 0.29) is 11.3 Å². The van der Waals surface area contributed by atoms with Crippen molar-refractivity contribution in [1.82, 2.24) is 0 Å². The van der Waals surface area contributed by atoms with Gasteiger partial charge in [-0.15, -0.1) is 0 Å². The van der Waals surface area contributed by atoms with Gasteiger partial charge in [0.25, 0.3) is 5.91 Å². The third-order valence-electron chi connectivity index (χ3n) is 3.33. The van der Waals surface area contributed by atoms with E-state index in [1.807, 2.05) is 36.4 Å². The van der Waals surface area contributed by atoms with E-state index < -0.39 is 0 Å². The number of benzene rings is 2. The maximum atomic E-state index is 12.5. The number of para-hydroxylation sites is 2. The van der Waals surface area contributed by atoms with E-state index in [0.29, 0.717) is 11.3 Å². The van der Waals surface area contributed by atoms with Crippen LogP contribution in [-0.4, -0.2) is 13.0 Å². The van der Waals surface area contributed by atoms with Gasteiger partial charge >= 0.3 is 0 Å². The Morgan fingerprint density at radius 1 is 1.00 bits per heavy atom. The highest BCUT2D eigenvalue weighted by molar-refractivity contribution is 6.06. The number of rotatable bonds is 3. The largest absolute Gasteiger partial charge is 0.496 e. The van der Waals surface area contributed by atoms with Crippen molar-refractivity contribution in [3.8, 4) is 5.75 Å². The zero-order valence-corrected chi connectivity index (χ0v) is 12.9. The number of anilines is 1. The van der Waals surface area contributed by atoms with Crippen molar-refractivity contribution in [2.24, 2.45) is 0 Å². The first-order valence-electron chi connectivity index (χ1n) is 6.97. The van der Waals surface area contributed by atoms with Crippen LogP contribution in [0.1, 0.15) is 36.7 Å². The fourth-order valence-electron chi connectivity index (χ4n) is 2.27. The van der Waals surface area contributed by atoms with Gasteiger partial charge in [0, 0.05) is 5.69 Å². The lowest BCUT2D eigenvalue weighted by Gasteiger charge is -2.23. The number of nitrogens with one attached hydrogen (secondary N) is 1. The molecule has 2 aromatic carbocycles. The molecule has 3 heteroatoms. The van der Waals surface area contributed by atoms with Crippen LogP contribution in [0.5, 0.6) is 5.75 Å². The molecule has 0 atom stereocenters. The van der Waals surface area contributed by atoms with Gasteiger partial charge in [-0.1, -0.05) is 51.1 Å². The van der Waals surface area contributed by atoms with Gasteiger partial charge in [0.05, 0.1) is 12.7 Å². The van der Waals surface area contributed by atoms with Crippen molar-refractivity contribution in [2.75, 3.05) is 12.4 Å². The Morgan fingerprint density at radius 3 is 2.29 bits per heavy atom. The number of amides is 1. The maximum absolute atomic E-state index is 12.5. The summed E-state index contributed by atoms with van der Waals surface area (Å²) in [6, 6.07) is 15.1. The van der Waals surface area contributed by atoms with Crippen LogP contribution in [0.3, 0.4) is 0 Å². The van der Waals surface area contributed by atoms with E-state index in [0.717, 1.165) is 11.3 Å². The van der Waals surface area contributed by atoms with Crippen LogP contribution in [0.25, 0.3) is 0 Å². The molecule has 0 spiro atoms. The van der Waals surface area contributed by atoms with Crippen LogP contribution in [0.2, 0.25) is 0 Å². The standard InChI is InChI=1S/C18H21NO2/c1-18(2,3)14-10-6-7-11-15(14)19-17(20)13-9-5-8-12-16(13)21-4/h5-12H,1-4H3,(H,19,20). The number of carbonyl (C=O) groups excluding carboxylic acids is 1. The molecule has 110 valence electrons. The summed E-state index contributed by atoms with van der Waals surface area (Å²) >= 11 is 0. The molecule has 0 saturated heterocycles. The minimum atomic E-state index is -0.163. The molecule has 0 saturated carbocycles. The van der Waals surface area contributed by atoms with E-state index in [4.69, 9.17) is 4.74 Å². The van der Waals surface area contributed by atoms with Gasteiger partial charge in [-0.05, 0) is 29.2 Å². The van der Waals surface area contributed by atoms with Crippen molar-refractivity contribution >= 4 is 11.6 Å².